The maximum Gasteiger partial charge on any atom is 0.323 e. The lowest BCUT2D eigenvalue weighted by Gasteiger charge is -2.32. The predicted octanol–water partition coefficient (Wildman–Crippen LogP) is 1.86. The van der Waals surface area contributed by atoms with Gasteiger partial charge in [0.25, 0.3) is 0 Å². The first-order valence-electron chi connectivity index (χ1n) is 6.50. The molecule has 1 aliphatic rings. The van der Waals surface area contributed by atoms with Crippen LogP contribution in [0.2, 0.25) is 0 Å². The molecule has 0 saturated carbocycles. The minimum atomic E-state index is -0.497. The highest BCUT2D eigenvalue weighted by atomic mass is 16.6. The van der Waals surface area contributed by atoms with Gasteiger partial charge in [0.1, 0.15) is 12.1 Å². The van der Waals surface area contributed by atoms with Crippen LogP contribution in [0.25, 0.3) is 0 Å². The van der Waals surface area contributed by atoms with E-state index in [2.05, 4.69) is 0 Å². The summed E-state index contributed by atoms with van der Waals surface area (Å²) in [5.41, 5.74) is 5.80. The Balaban J connectivity index is 2.39. The Labute approximate surface area is 104 Å². The van der Waals surface area contributed by atoms with Gasteiger partial charge in [0.15, 0.2) is 0 Å². The molecule has 1 aliphatic heterocycles. The molecule has 0 radical (unpaired) electrons. The van der Waals surface area contributed by atoms with Crippen LogP contribution in [0.4, 0.5) is 0 Å². The van der Waals surface area contributed by atoms with Gasteiger partial charge in [0.2, 0.25) is 0 Å². The van der Waals surface area contributed by atoms with Crippen molar-refractivity contribution >= 4 is 5.97 Å². The normalized spacial score (nSPS) is 31.3. The van der Waals surface area contributed by atoms with E-state index in [4.69, 9.17) is 15.2 Å². The van der Waals surface area contributed by atoms with Gasteiger partial charge in [-0.3, -0.25) is 4.79 Å². The minimum absolute atomic E-state index is 0.0422. The Morgan fingerprint density at radius 3 is 2.35 bits per heavy atom. The molecule has 0 spiro atoms. The van der Waals surface area contributed by atoms with Crippen LogP contribution in [0, 0.1) is 5.92 Å². The lowest BCUT2D eigenvalue weighted by Crippen LogP contribution is -2.40. The highest BCUT2D eigenvalue weighted by molar-refractivity contribution is 5.75. The molecule has 1 fully saturated rings. The van der Waals surface area contributed by atoms with Gasteiger partial charge < -0.3 is 15.2 Å². The zero-order valence-corrected chi connectivity index (χ0v) is 11.3. The molecule has 2 N–H and O–H groups in total. The fourth-order valence-electron chi connectivity index (χ4n) is 2.30. The van der Waals surface area contributed by atoms with Crippen molar-refractivity contribution in [1.82, 2.24) is 0 Å². The molecule has 0 aromatic heterocycles. The van der Waals surface area contributed by atoms with Crippen molar-refractivity contribution in [2.75, 3.05) is 0 Å². The fraction of sp³-hybridized carbons (Fsp3) is 0.923. The first-order valence-corrected chi connectivity index (χ1v) is 6.50. The van der Waals surface area contributed by atoms with Crippen LogP contribution in [0.1, 0.15) is 47.0 Å². The van der Waals surface area contributed by atoms with E-state index in [1.165, 1.54) is 0 Å². The Morgan fingerprint density at radius 2 is 1.88 bits per heavy atom. The quantitative estimate of drug-likeness (QED) is 0.766. The van der Waals surface area contributed by atoms with Crippen molar-refractivity contribution in [2.24, 2.45) is 11.7 Å². The molecule has 1 rings (SSSR count). The highest BCUT2D eigenvalue weighted by Gasteiger charge is 2.28. The number of nitrogens with two attached hydrogens (primary N) is 1. The van der Waals surface area contributed by atoms with Gasteiger partial charge in [-0.05, 0) is 26.2 Å². The molecule has 4 heteroatoms. The summed E-state index contributed by atoms with van der Waals surface area (Å²) in [7, 11) is 0. The topological polar surface area (TPSA) is 61.6 Å². The molecule has 1 heterocycles. The van der Waals surface area contributed by atoms with Gasteiger partial charge in [-0.2, -0.15) is 0 Å². The van der Waals surface area contributed by atoms with Crippen molar-refractivity contribution in [3.8, 4) is 0 Å². The average molecular weight is 243 g/mol. The number of hydrogen-bond donors (Lipinski definition) is 1. The summed E-state index contributed by atoms with van der Waals surface area (Å²) in [5, 5.41) is 0. The third-order valence-electron chi connectivity index (χ3n) is 2.97. The Hall–Kier alpha value is -0.610. The first kappa shape index (κ1) is 14.5. The van der Waals surface area contributed by atoms with Crippen LogP contribution in [0.3, 0.4) is 0 Å². The second-order valence-electron chi connectivity index (χ2n) is 5.52. The predicted molar refractivity (Wildman–Crippen MR) is 66.6 cm³/mol. The van der Waals surface area contributed by atoms with E-state index in [1.54, 1.807) is 0 Å². The summed E-state index contributed by atoms with van der Waals surface area (Å²) in [6, 6.07) is -0.497. The van der Waals surface area contributed by atoms with Crippen LogP contribution in [-0.2, 0) is 14.3 Å². The van der Waals surface area contributed by atoms with Crippen molar-refractivity contribution in [3.05, 3.63) is 0 Å². The highest BCUT2D eigenvalue weighted by Crippen LogP contribution is 2.22. The van der Waals surface area contributed by atoms with E-state index in [-0.39, 0.29) is 24.3 Å². The number of esters is 1. The smallest absolute Gasteiger partial charge is 0.323 e. The molecule has 3 atom stereocenters. The molecule has 0 aliphatic carbocycles. The second kappa shape index (κ2) is 6.36. The van der Waals surface area contributed by atoms with Crippen LogP contribution in [0.5, 0.6) is 0 Å². The summed E-state index contributed by atoms with van der Waals surface area (Å²) in [6.07, 6.45) is 2.47. The molecular formula is C13H25NO3. The van der Waals surface area contributed by atoms with E-state index >= 15 is 0 Å². The van der Waals surface area contributed by atoms with Gasteiger partial charge in [-0.15, -0.1) is 0 Å². The van der Waals surface area contributed by atoms with Crippen LogP contribution in [-0.4, -0.2) is 30.3 Å². The number of carbonyl (C=O) groups is 1. The Morgan fingerprint density at radius 1 is 1.35 bits per heavy atom. The van der Waals surface area contributed by atoms with Crippen molar-refractivity contribution in [3.63, 3.8) is 0 Å². The van der Waals surface area contributed by atoms with Crippen molar-refractivity contribution in [1.29, 1.82) is 0 Å². The van der Waals surface area contributed by atoms with E-state index in [1.807, 2.05) is 27.7 Å². The van der Waals surface area contributed by atoms with E-state index in [9.17, 15) is 4.79 Å². The van der Waals surface area contributed by atoms with Gasteiger partial charge >= 0.3 is 5.97 Å². The molecule has 0 aromatic rings. The van der Waals surface area contributed by atoms with Gasteiger partial charge in [0, 0.05) is 12.8 Å². The molecule has 1 saturated heterocycles. The number of ether oxygens (including phenoxy) is 2. The Bertz CT molecular complexity index is 245. The summed E-state index contributed by atoms with van der Waals surface area (Å²) in [5.74, 6) is 0.134. The van der Waals surface area contributed by atoms with Crippen LogP contribution in [0.15, 0.2) is 0 Å². The van der Waals surface area contributed by atoms with Crippen molar-refractivity contribution in [2.45, 2.75) is 71.3 Å². The monoisotopic (exact) mass is 243 g/mol. The second-order valence-corrected chi connectivity index (χ2v) is 5.52. The van der Waals surface area contributed by atoms with Crippen LogP contribution < -0.4 is 5.73 Å². The first-order chi connectivity index (χ1) is 7.88. The van der Waals surface area contributed by atoms with Crippen LogP contribution >= 0.6 is 0 Å². The average Bonchev–Trinajstić information content (AvgIpc) is 2.14. The standard InChI is InChI=1S/C13H25NO3/c1-8(2)5-12(14)13(15)17-11-6-9(3)16-10(4)7-11/h8-12H,5-7,14H2,1-4H3/t9?,10?,11?,12-/m0/s1. The number of rotatable bonds is 4. The molecule has 100 valence electrons. The maximum atomic E-state index is 11.8. The molecule has 0 bridgehead atoms. The van der Waals surface area contributed by atoms with Gasteiger partial charge in [-0.1, -0.05) is 13.8 Å². The molecule has 0 aromatic carbocycles. The maximum absolute atomic E-state index is 11.8. The largest absolute Gasteiger partial charge is 0.461 e. The summed E-state index contributed by atoms with van der Waals surface area (Å²) < 4.78 is 11.1. The van der Waals surface area contributed by atoms with E-state index in [0.29, 0.717) is 12.3 Å². The lowest BCUT2D eigenvalue weighted by atomic mass is 10.0. The molecule has 17 heavy (non-hydrogen) atoms. The third kappa shape index (κ3) is 5.04. The number of carbonyl (C=O) groups excluding carboxylic acids is 1. The zero-order valence-electron chi connectivity index (χ0n) is 11.3. The SMILES string of the molecule is CC(C)C[C@H](N)C(=O)OC1CC(C)OC(C)C1. The molecular weight excluding hydrogens is 218 g/mol. The Kier molecular flexibility index (Phi) is 5.40. The lowest BCUT2D eigenvalue weighted by molar-refractivity contribution is -0.161. The summed E-state index contributed by atoms with van der Waals surface area (Å²) >= 11 is 0. The van der Waals surface area contributed by atoms with E-state index in [0.717, 1.165) is 12.8 Å². The minimum Gasteiger partial charge on any atom is -0.461 e. The number of hydrogen-bond acceptors (Lipinski definition) is 4. The van der Waals surface area contributed by atoms with Gasteiger partial charge in [-0.25, -0.2) is 0 Å². The molecule has 4 nitrogen and oxygen atoms in total. The molecule has 0 amide bonds. The zero-order chi connectivity index (χ0) is 13.0. The van der Waals surface area contributed by atoms with E-state index < -0.39 is 6.04 Å². The molecule has 2 unspecified atom stereocenters. The van der Waals surface area contributed by atoms with Crippen molar-refractivity contribution < 1.29 is 14.3 Å². The fourth-order valence-corrected chi connectivity index (χ4v) is 2.30. The third-order valence-corrected chi connectivity index (χ3v) is 2.97. The summed E-state index contributed by atoms with van der Waals surface area (Å²) in [6.45, 7) is 8.10. The van der Waals surface area contributed by atoms with Gasteiger partial charge in [0.05, 0.1) is 12.2 Å². The summed E-state index contributed by atoms with van der Waals surface area (Å²) in [4.78, 5) is 11.8.